The summed E-state index contributed by atoms with van der Waals surface area (Å²) < 4.78 is 12.7. The quantitative estimate of drug-likeness (QED) is 0.431. The Balaban J connectivity index is 1.95. The molecule has 0 aliphatic heterocycles. The van der Waals surface area contributed by atoms with Crippen molar-refractivity contribution in [2.45, 2.75) is 20.4 Å². The van der Waals surface area contributed by atoms with Crippen molar-refractivity contribution in [2.75, 3.05) is 13.2 Å². The van der Waals surface area contributed by atoms with Gasteiger partial charge in [0.15, 0.2) is 0 Å². The first-order chi connectivity index (χ1) is 13.7. The van der Waals surface area contributed by atoms with E-state index < -0.39 is 5.97 Å². The number of rotatable bonds is 8. The number of esters is 1. The van der Waals surface area contributed by atoms with E-state index in [1.54, 1.807) is 19.2 Å². The molecule has 0 unspecified atom stereocenters. The van der Waals surface area contributed by atoms with Gasteiger partial charge in [-0.2, -0.15) is 0 Å². The third-order valence-corrected chi connectivity index (χ3v) is 4.15. The largest absolute Gasteiger partial charge is 0.494 e. The summed E-state index contributed by atoms with van der Waals surface area (Å²) in [4.78, 5) is 17.1. The first-order valence-electron chi connectivity index (χ1n) is 9.38. The summed E-state index contributed by atoms with van der Waals surface area (Å²) in [6.07, 6.45) is 5.37. The van der Waals surface area contributed by atoms with E-state index in [-0.39, 0.29) is 0 Å². The Labute approximate surface area is 165 Å². The van der Waals surface area contributed by atoms with Crippen molar-refractivity contribution in [2.24, 2.45) is 0 Å². The molecule has 0 aliphatic carbocycles. The van der Waals surface area contributed by atoms with Crippen LogP contribution >= 0.6 is 0 Å². The van der Waals surface area contributed by atoms with Gasteiger partial charge in [0.2, 0.25) is 0 Å². The Kier molecular flexibility index (Phi) is 6.63. The molecule has 0 amide bonds. The van der Waals surface area contributed by atoms with E-state index in [0.29, 0.717) is 31.2 Å². The van der Waals surface area contributed by atoms with Gasteiger partial charge in [-0.05, 0) is 43.2 Å². The van der Waals surface area contributed by atoms with Gasteiger partial charge >= 0.3 is 5.97 Å². The Morgan fingerprint density at radius 1 is 1.04 bits per heavy atom. The van der Waals surface area contributed by atoms with Gasteiger partial charge in [-0.25, -0.2) is 9.78 Å². The fourth-order valence-electron chi connectivity index (χ4n) is 2.88. The van der Waals surface area contributed by atoms with Gasteiger partial charge in [0.1, 0.15) is 17.1 Å². The summed E-state index contributed by atoms with van der Waals surface area (Å²) in [7, 11) is 0. The van der Waals surface area contributed by atoms with Crippen molar-refractivity contribution in [3.05, 3.63) is 83.9 Å². The zero-order chi connectivity index (χ0) is 19.8. The summed E-state index contributed by atoms with van der Waals surface area (Å²) in [6, 6.07) is 17.6. The molecule has 2 aromatic carbocycles. The molecule has 0 saturated carbocycles. The Bertz CT molecular complexity index is 928. The Hall–Kier alpha value is -3.34. The third-order valence-electron chi connectivity index (χ3n) is 4.15. The number of hydrogen-bond acceptors (Lipinski definition) is 4. The van der Waals surface area contributed by atoms with Gasteiger partial charge in [0, 0.05) is 18.9 Å². The van der Waals surface area contributed by atoms with Crippen LogP contribution in [0.4, 0.5) is 0 Å². The number of hydrogen-bond donors (Lipinski definition) is 0. The minimum atomic E-state index is -0.392. The van der Waals surface area contributed by atoms with Crippen LogP contribution in [0.15, 0.2) is 67.0 Å². The van der Waals surface area contributed by atoms with Crippen LogP contribution in [0.2, 0.25) is 0 Å². The molecule has 0 radical (unpaired) electrons. The van der Waals surface area contributed by atoms with E-state index in [1.807, 2.05) is 72.3 Å². The number of ether oxygens (including phenoxy) is 2. The molecule has 0 spiro atoms. The molecule has 3 rings (SSSR count). The van der Waals surface area contributed by atoms with Crippen molar-refractivity contribution in [1.29, 1.82) is 0 Å². The van der Waals surface area contributed by atoms with Gasteiger partial charge < -0.3 is 14.0 Å². The standard InChI is InChI=1S/C23H24N2O3/c1-3-27-20-12-10-18(11-13-20)16-21(23(26)28-4-2)22-24-14-15-25(22)17-19-8-6-5-7-9-19/h5-16H,3-4,17H2,1-2H3/b21-16+. The molecule has 1 heterocycles. The maximum atomic E-state index is 12.7. The van der Waals surface area contributed by atoms with Crippen LogP contribution < -0.4 is 4.74 Å². The topological polar surface area (TPSA) is 53.4 Å². The fraction of sp³-hybridized carbons (Fsp3) is 0.217. The lowest BCUT2D eigenvalue weighted by Gasteiger charge is -2.11. The van der Waals surface area contributed by atoms with Crippen molar-refractivity contribution < 1.29 is 14.3 Å². The van der Waals surface area contributed by atoms with Gasteiger partial charge in [0.25, 0.3) is 0 Å². The highest BCUT2D eigenvalue weighted by Crippen LogP contribution is 2.21. The summed E-state index contributed by atoms with van der Waals surface area (Å²) in [5.74, 6) is 0.982. The van der Waals surface area contributed by atoms with Crippen molar-refractivity contribution in [1.82, 2.24) is 9.55 Å². The van der Waals surface area contributed by atoms with Crippen LogP contribution in [0.1, 0.15) is 30.8 Å². The minimum absolute atomic E-state index is 0.304. The van der Waals surface area contributed by atoms with E-state index in [2.05, 4.69) is 4.98 Å². The van der Waals surface area contributed by atoms with E-state index in [0.717, 1.165) is 16.9 Å². The second-order valence-electron chi connectivity index (χ2n) is 6.14. The Morgan fingerprint density at radius 3 is 2.46 bits per heavy atom. The monoisotopic (exact) mass is 376 g/mol. The molecule has 5 nitrogen and oxygen atoms in total. The number of carbonyl (C=O) groups is 1. The number of nitrogens with zero attached hydrogens (tertiary/aromatic N) is 2. The predicted molar refractivity (Wildman–Crippen MR) is 110 cm³/mol. The molecule has 0 bridgehead atoms. The average molecular weight is 376 g/mol. The highest BCUT2D eigenvalue weighted by molar-refractivity contribution is 6.20. The molecule has 0 saturated heterocycles. The van der Waals surface area contributed by atoms with Crippen LogP contribution in [0, 0.1) is 0 Å². The van der Waals surface area contributed by atoms with Crippen LogP contribution in [0.5, 0.6) is 5.75 Å². The molecular weight excluding hydrogens is 352 g/mol. The van der Waals surface area contributed by atoms with Crippen LogP contribution in [-0.4, -0.2) is 28.7 Å². The molecule has 0 fully saturated rings. The predicted octanol–water partition coefficient (Wildman–Crippen LogP) is 4.43. The maximum Gasteiger partial charge on any atom is 0.341 e. The smallest absolute Gasteiger partial charge is 0.341 e. The number of imidazole rings is 1. The van der Waals surface area contributed by atoms with Crippen LogP contribution in [0.3, 0.4) is 0 Å². The van der Waals surface area contributed by atoms with E-state index in [9.17, 15) is 4.79 Å². The maximum absolute atomic E-state index is 12.7. The highest BCUT2D eigenvalue weighted by atomic mass is 16.5. The summed E-state index contributed by atoms with van der Waals surface area (Å²) >= 11 is 0. The van der Waals surface area contributed by atoms with E-state index >= 15 is 0 Å². The van der Waals surface area contributed by atoms with Gasteiger partial charge in [-0.15, -0.1) is 0 Å². The van der Waals surface area contributed by atoms with Gasteiger partial charge in [-0.3, -0.25) is 0 Å². The lowest BCUT2D eigenvalue weighted by atomic mass is 10.1. The molecule has 28 heavy (non-hydrogen) atoms. The molecule has 144 valence electrons. The molecule has 0 N–H and O–H groups in total. The van der Waals surface area contributed by atoms with Crippen LogP contribution in [-0.2, 0) is 16.1 Å². The van der Waals surface area contributed by atoms with E-state index in [1.165, 1.54) is 0 Å². The molecule has 0 atom stereocenters. The summed E-state index contributed by atoms with van der Waals surface area (Å²) in [6.45, 7) is 5.28. The first-order valence-corrected chi connectivity index (χ1v) is 9.38. The van der Waals surface area contributed by atoms with Crippen molar-refractivity contribution in [3.8, 4) is 5.75 Å². The Morgan fingerprint density at radius 2 is 1.79 bits per heavy atom. The fourth-order valence-corrected chi connectivity index (χ4v) is 2.88. The zero-order valence-corrected chi connectivity index (χ0v) is 16.2. The number of benzene rings is 2. The third kappa shape index (κ3) is 4.88. The molecule has 3 aromatic rings. The lowest BCUT2D eigenvalue weighted by Crippen LogP contribution is -2.12. The molecule has 5 heteroatoms. The van der Waals surface area contributed by atoms with Gasteiger partial charge in [-0.1, -0.05) is 42.5 Å². The minimum Gasteiger partial charge on any atom is -0.494 e. The molecule has 1 aromatic heterocycles. The highest BCUT2D eigenvalue weighted by Gasteiger charge is 2.19. The number of aromatic nitrogens is 2. The van der Waals surface area contributed by atoms with Gasteiger partial charge in [0.05, 0.1) is 13.2 Å². The lowest BCUT2D eigenvalue weighted by molar-refractivity contribution is -0.136. The first kappa shape index (κ1) is 19.4. The average Bonchev–Trinajstić information content (AvgIpc) is 3.16. The molecular formula is C23H24N2O3. The van der Waals surface area contributed by atoms with Crippen LogP contribution in [0.25, 0.3) is 11.6 Å². The zero-order valence-electron chi connectivity index (χ0n) is 16.2. The summed E-state index contributed by atoms with van der Waals surface area (Å²) in [5, 5.41) is 0. The second-order valence-corrected chi connectivity index (χ2v) is 6.14. The van der Waals surface area contributed by atoms with Crippen molar-refractivity contribution in [3.63, 3.8) is 0 Å². The molecule has 0 aliphatic rings. The summed E-state index contributed by atoms with van der Waals surface area (Å²) in [5.41, 5.74) is 2.43. The second kappa shape index (κ2) is 9.55. The SMILES string of the molecule is CCOC(=O)/C(=C/c1ccc(OCC)cc1)c1nccn1Cc1ccccc1. The normalized spacial score (nSPS) is 11.3. The van der Waals surface area contributed by atoms with E-state index in [4.69, 9.17) is 9.47 Å². The number of carbonyl (C=O) groups excluding carboxylic acids is 1. The van der Waals surface area contributed by atoms with Crippen molar-refractivity contribution >= 4 is 17.6 Å².